The van der Waals surface area contributed by atoms with Crippen LogP contribution >= 0.6 is 34.8 Å². The number of nitrogens with zero attached hydrogens (tertiary/aromatic N) is 2. The van der Waals surface area contributed by atoms with Gasteiger partial charge in [-0.3, -0.25) is 9.59 Å². The number of carbonyl (C=O) groups excluding carboxylic acids is 2. The van der Waals surface area contributed by atoms with Crippen molar-refractivity contribution >= 4 is 58.0 Å². The summed E-state index contributed by atoms with van der Waals surface area (Å²) >= 11 is 17.5. The van der Waals surface area contributed by atoms with Gasteiger partial charge in [0, 0.05) is 36.4 Å². The fourth-order valence-corrected chi connectivity index (χ4v) is 3.52. The Bertz CT molecular complexity index is 983. The van der Waals surface area contributed by atoms with E-state index >= 15 is 0 Å². The number of hydrogen-bond acceptors (Lipinski definition) is 2. The van der Waals surface area contributed by atoms with Crippen molar-refractivity contribution in [2.45, 2.75) is 19.5 Å². The highest BCUT2D eigenvalue weighted by molar-refractivity contribution is 6.32. The minimum absolute atomic E-state index is 0.0118. The number of alkyl halides is 4. The monoisotopic (exact) mass is 494 g/mol. The van der Waals surface area contributed by atoms with Crippen LogP contribution in [-0.4, -0.2) is 31.8 Å². The third-order valence-electron chi connectivity index (χ3n) is 4.83. The highest BCUT2D eigenvalue weighted by Crippen LogP contribution is 2.37. The van der Waals surface area contributed by atoms with Crippen molar-refractivity contribution in [1.29, 1.82) is 0 Å². The van der Waals surface area contributed by atoms with Crippen LogP contribution in [0.4, 0.5) is 24.5 Å². The second-order valence-corrected chi connectivity index (χ2v) is 8.11. The predicted octanol–water partition coefficient (Wildman–Crippen LogP) is 6.19. The van der Waals surface area contributed by atoms with Gasteiger partial charge in [0.05, 0.1) is 10.6 Å². The summed E-state index contributed by atoms with van der Waals surface area (Å²) in [6.45, 7) is 1.78. The van der Waals surface area contributed by atoms with Crippen molar-refractivity contribution in [3.8, 4) is 0 Å². The van der Waals surface area contributed by atoms with E-state index in [-0.39, 0.29) is 18.0 Å². The van der Waals surface area contributed by atoms with E-state index in [2.05, 4.69) is 0 Å². The molecule has 0 aliphatic carbocycles. The highest BCUT2D eigenvalue weighted by Gasteiger charge is 2.36. The van der Waals surface area contributed by atoms with Crippen LogP contribution in [-0.2, 0) is 15.8 Å². The van der Waals surface area contributed by atoms with Gasteiger partial charge in [0.15, 0.2) is 0 Å². The lowest BCUT2D eigenvalue weighted by Crippen LogP contribution is -2.43. The van der Waals surface area contributed by atoms with Crippen LogP contribution < -0.4 is 9.80 Å². The molecule has 0 spiro atoms. The largest absolute Gasteiger partial charge is 0.417 e. The molecule has 31 heavy (non-hydrogen) atoms. The highest BCUT2D eigenvalue weighted by atomic mass is 35.5. The zero-order valence-electron chi connectivity index (χ0n) is 16.9. The van der Waals surface area contributed by atoms with E-state index in [0.717, 1.165) is 22.6 Å². The van der Waals surface area contributed by atoms with Crippen molar-refractivity contribution in [2.24, 2.45) is 5.92 Å². The standard InChI is InChI=1S/C21H20Cl3F3N2O2/c1-12-10-13(4-6-17(12)23)28(2)19(30)15(8-9-22)20(31)29(3)14-5-7-18(24)16(11-14)21(25,26)27/h4-7,10-11,15H,8-9H2,1-3H3. The fourth-order valence-electron chi connectivity index (χ4n) is 2.96. The molecular formula is C21H20Cl3F3N2O2. The lowest BCUT2D eigenvalue weighted by atomic mass is 10.0. The van der Waals surface area contributed by atoms with E-state index in [1.54, 1.807) is 25.1 Å². The summed E-state index contributed by atoms with van der Waals surface area (Å²) in [5, 5.41) is 0.0456. The van der Waals surface area contributed by atoms with E-state index in [1.807, 2.05) is 0 Å². The Balaban J connectivity index is 2.34. The second-order valence-electron chi connectivity index (χ2n) is 6.92. The molecule has 2 aromatic rings. The van der Waals surface area contributed by atoms with Gasteiger partial charge >= 0.3 is 6.18 Å². The minimum Gasteiger partial charge on any atom is -0.315 e. The number of hydrogen-bond donors (Lipinski definition) is 0. The van der Waals surface area contributed by atoms with Gasteiger partial charge in [-0.15, -0.1) is 11.6 Å². The first-order valence-corrected chi connectivity index (χ1v) is 10.4. The number of benzene rings is 2. The number of amides is 2. The molecule has 0 N–H and O–H groups in total. The van der Waals surface area contributed by atoms with E-state index in [1.165, 1.54) is 25.1 Å². The van der Waals surface area contributed by atoms with Crippen LogP contribution in [0.15, 0.2) is 36.4 Å². The molecular weight excluding hydrogens is 476 g/mol. The SMILES string of the molecule is Cc1cc(N(C)C(=O)C(CCCl)C(=O)N(C)c2ccc(Cl)c(C(F)(F)F)c2)ccc1Cl. The van der Waals surface area contributed by atoms with Crippen LogP contribution in [0.25, 0.3) is 0 Å². The van der Waals surface area contributed by atoms with Gasteiger partial charge in [-0.05, 0) is 55.3 Å². The average Bonchev–Trinajstić information content (AvgIpc) is 2.71. The topological polar surface area (TPSA) is 40.6 Å². The molecule has 10 heteroatoms. The third-order valence-corrected chi connectivity index (χ3v) is 5.80. The van der Waals surface area contributed by atoms with Crippen molar-refractivity contribution < 1.29 is 22.8 Å². The first-order chi connectivity index (χ1) is 14.4. The van der Waals surface area contributed by atoms with Gasteiger partial charge in [-0.25, -0.2) is 0 Å². The molecule has 168 valence electrons. The summed E-state index contributed by atoms with van der Waals surface area (Å²) in [5.74, 6) is -2.39. The van der Waals surface area contributed by atoms with Crippen LogP contribution in [0.5, 0.6) is 0 Å². The molecule has 2 rings (SSSR count). The Hall–Kier alpha value is -1.96. The van der Waals surface area contributed by atoms with Gasteiger partial charge in [-0.1, -0.05) is 23.2 Å². The third kappa shape index (κ3) is 5.84. The molecule has 2 aromatic carbocycles. The molecule has 0 saturated heterocycles. The van der Waals surface area contributed by atoms with Crippen LogP contribution in [0.3, 0.4) is 0 Å². The zero-order chi connectivity index (χ0) is 23.5. The summed E-state index contributed by atoms with van der Waals surface area (Å²) in [6.07, 6.45) is -4.67. The van der Waals surface area contributed by atoms with Gasteiger partial charge < -0.3 is 9.80 Å². The molecule has 0 aromatic heterocycles. The number of carbonyl (C=O) groups is 2. The summed E-state index contributed by atoms with van der Waals surface area (Å²) in [7, 11) is 2.80. The maximum Gasteiger partial charge on any atom is 0.417 e. The second kappa shape index (κ2) is 10.1. The number of aryl methyl sites for hydroxylation is 1. The Morgan fingerprint density at radius 2 is 1.42 bits per heavy atom. The summed E-state index contributed by atoms with van der Waals surface area (Å²) in [5.41, 5.74) is 0.157. The van der Waals surface area contributed by atoms with Gasteiger partial charge in [0.2, 0.25) is 11.8 Å². The molecule has 0 saturated carbocycles. The molecule has 1 unspecified atom stereocenters. The zero-order valence-corrected chi connectivity index (χ0v) is 19.2. The fraction of sp³-hybridized carbons (Fsp3) is 0.333. The lowest BCUT2D eigenvalue weighted by Gasteiger charge is -2.27. The Labute approximate surface area is 193 Å². The smallest absolute Gasteiger partial charge is 0.315 e. The van der Waals surface area contributed by atoms with Crippen LogP contribution in [0.2, 0.25) is 10.0 Å². The summed E-state index contributed by atoms with van der Waals surface area (Å²) in [4.78, 5) is 28.4. The van der Waals surface area contributed by atoms with Gasteiger partial charge in [0.1, 0.15) is 5.92 Å². The number of rotatable bonds is 6. The first-order valence-electron chi connectivity index (χ1n) is 9.12. The first kappa shape index (κ1) is 25.3. The Kier molecular flexibility index (Phi) is 8.25. The van der Waals surface area contributed by atoms with E-state index in [0.29, 0.717) is 10.7 Å². The molecule has 0 aliphatic heterocycles. The molecule has 0 aliphatic rings. The number of anilines is 2. The van der Waals surface area contributed by atoms with E-state index < -0.39 is 34.5 Å². The van der Waals surface area contributed by atoms with Gasteiger partial charge in [-0.2, -0.15) is 13.2 Å². The van der Waals surface area contributed by atoms with E-state index in [9.17, 15) is 22.8 Å². The Morgan fingerprint density at radius 1 is 0.935 bits per heavy atom. The van der Waals surface area contributed by atoms with Gasteiger partial charge in [0.25, 0.3) is 0 Å². The number of halogens is 6. The molecule has 0 heterocycles. The molecule has 0 bridgehead atoms. The molecule has 4 nitrogen and oxygen atoms in total. The normalized spacial score (nSPS) is 12.4. The molecule has 0 fully saturated rings. The van der Waals surface area contributed by atoms with Crippen molar-refractivity contribution in [1.82, 2.24) is 0 Å². The van der Waals surface area contributed by atoms with Crippen LogP contribution in [0, 0.1) is 12.8 Å². The van der Waals surface area contributed by atoms with Crippen molar-refractivity contribution in [3.63, 3.8) is 0 Å². The predicted molar refractivity (Wildman–Crippen MR) is 118 cm³/mol. The van der Waals surface area contributed by atoms with Crippen LogP contribution in [0.1, 0.15) is 17.5 Å². The molecule has 0 radical (unpaired) electrons. The average molecular weight is 496 g/mol. The minimum atomic E-state index is -4.69. The maximum atomic E-state index is 13.2. The van der Waals surface area contributed by atoms with Crippen molar-refractivity contribution in [2.75, 3.05) is 29.8 Å². The summed E-state index contributed by atoms with van der Waals surface area (Å²) in [6, 6.07) is 8.07. The Morgan fingerprint density at radius 3 is 1.87 bits per heavy atom. The quantitative estimate of drug-likeness (QED) is 0.354. The van der Waals surface area contributed by atoms with E-state index in [4.69, 9.17) is 34.8 Å². The molecule has 1 atom stereocenters. The maximum absolute atomic E-state index is 13.2. The van der Waals surface area contributed by atoms with Crippen molar-refractivity contribution in [3.05, 3.63) is 57.6 Å². The summed E-state index contributed by atoms with van der Waals surface area (Å²) < 4.78 is 39.5. The lowest BCUT2D eigenvalue weighted by molar-refractivity contribution is -0.137. The molecule has 2 amide bonds.